The molecule has 2 N–H and O–H groups in total. The predicted molar refractivity (Wildman–Crippen MR) is 258 cm³/mol. The minimum Gasteiger partial charge on any atom is -0.472 e. The van der Waals surface area contributed by atoms with Gasteiger partial charge in [0.25, 0.3) is 0 Å². The van der Waals surface area contributed by atoms with Crippen molar-refractivity contribution in [3.8, 4) is 34.6 Å². The second kappa shape index (κ2) is 17.5. The van der Waals surface area contributed by atoms with Crippen LogP contribution in [-0.2, 0) is 9.47 Å². The number of fused-ring (bicyclic) bond motifs is 6. The number of aliphatic hydroxyl groups is 1. The number of carbonyl (C=O) groups is 2. The highest BCUT2D eigenvalue weighted by atomic mass is 28.3. The summed E-state index contributed by atoms with van der Waals surface area (Å²) in [6.45, 7) is 26.8. The first-order valence-electron chi connectivity index (χ1n) is 23.8. The van der Waals surface area contributed by atoms with Crippen molar-refractivity contribution in [2.45, 2.75) is 186 Å². The molecule has 6 atom stereocenters. The number of benzene rings is 2. The van der Waals surface area contributed by atoms with Crippen LogP contribution in [-0.4, -0.2) is 99.4 Å². The molecule has 4 aliphatic rings. The van der Waals surface area contributed by atoms with Crippen molar-refractivity contribution >= 4 is 53.4 Å². The van der Waals surface area contributed by atoms with E-state index < -0.39 is 55.5 Å². The molecule has 2 aromatic carbocycles. The van der Waals surface area contributed by atoms with E-state index in [4.69, 9.17) is 33.9 Å². The zero-order valence-electron chi connectivity index (χ0n) is 40.8. The Morgan fingerprint density at radius 3 is 2.26 bits per heavy atom. The van der Waals surface area contributed by atoms with Crippen LogP contribution in [0.15, 0.2) is 30.3 Å². The van der Waals surface area contributed by atoms with Crippen LogP contribution in [0.2, 0.25) is 16.6 Å². The molecule has 2 aromatic heterocycles. The van der Waals surface area contributed by atoms with Crippen LogP contribution >= 0.6 is 0 Å². The smallest absolute Gasteiger partial charge is 0.412 e. The Kier molecular flexibility index (Phi) is 12.5. The zero-order valence-corrected chi connectivity index (χ0v) is 41.8. The van der Waals surface area contributed by atoms with Gasteiger partial charge in [0, 0.05) is 28.7 Å². The molecule has 1 saturated carbocycles. The van der Waals surface area contributed by atoms with Gasteiger partial charge in [-0.3, -0.25) is 10.2 Å². The molecule has 0 spiro atoms. The average molecular weight is 923 g/mol. The van der Waals surface area contributed by atoms with Crippen molar-refractivity contribution in [3.63, 3.8) is 0 Å². The zero-order chi connectivity index (χ0) is 47.8. The molecule has 4 aromatic rings. The molecule has 66 heavy (non-hydrogen) atoms. The molecule has 2 saturated heterocycles. The van der Waals surface area contributed by atoms with E-state index in [1.165, 1.54) is 0 Å². The van der Waals surface area contributed by atoms with Crippen molar-refractivity contribution < 1.29 is 38.0 Å². The highest BCUT2D eigenvalue weighted by molar-refractivity contribution is 6.90. The summed E-state index contributed by atoms with van der Waals surface area (Å²) in [4.78, 5) is 46.0. The van der Waals surface area contributed by atoms with E-state index in [-0.39, 0.29) is 46.7 Å². The third-order valence-electron chi connectivity index (χ3n) is 13.9. The number of anilines is 2. The molecule has 3 aliphatic heterocycles. The number of halogens is 1. The normalized spacial score (nSPS) is 22.9. The van der Waals surface area contributed by atoms with Gasteiger partial charge < -0.3 is 29.0 Å². The van der Waals surface area contributed by atoms with E-state index in [1.807, 2.05) is 56.9 Å². The number of hydrogen-bond acceptors (Lipinski definition) is 11. The summed E-state index contributed by atoms with van der Waals surface area (Å²) in [7, 11) is -2.23. The summed E-state index contributed by atoms with van der Waals surface area (Å²) < 4.78 is 43.0. The molecular weight excluding hydrogens is 856 g/mol. The first kappa shape index (κ1) is 47.3. The molecule has 5 heterocycles. The number of nitrogens with one attached hydrogen (secondary N) is 1. The predicted octanol–water partition coefficient (Wildman–Crippen LogP) is 10.9. The van der Waals surface area contributed by atoms with Gasteiger partial charge in [-0.1, -0.05) is 59.6 Å². The Morgan fingerprint density at radius 1 is 0.924 bits per heavy atom. The number of nitrogens with zero attached hydrogens (tertiary/aromatic N) is 5. The van der Waals surface area contributed by atoms with Crippen molar-refractivity contribution in [2.75, 3.05) is 16.8 Å². The van der Waals surface area contributed by atoms with Crippen molar-refractivity contribution in [3.05, 3.63) is 41.7 Å². The number of piperazine rings is 1. The summed E-state index contributed by atoms with van der Waals surface area (Å²) in [6, 6.07) is 8.32. The number of carbonyl (C=O) groups excluding carboxylic acids is 2. The molecule has 13 nitrogen and oxygen atoms in total. The third-order valence-corrected chi connectivity index (χ3v) is 20.2. The summed E-state index contributed by atoms with van der Waals surface area (Å²) in [6.07, 6.45) is 0.462. The minimum absolute atomic E-state index is 0.0645. The Bertz CT molecular complexity index is 2590. The molecule has 1 aliphatic carbocycles. The van der Waals surface area contributed by atoms with Crippen LogP contribution in [0.25, 0.3) is 32.9 Å². The van der Waals surface area contributed by atoms with E-state index >= 15 is 4.39 Å². The van der Waals surface area contributed by atoms with Crippen LogP contribution < -0.4 is 19.7 Å². The topological polar surface area (TPSA) is 148 Å². The fraction of sp³-hybridized carbons (Fsp3) is 0.588. The fourth-order valence-electron chi connectivity index (χ4n) is 11.2. The third kappa shape index (κ3) is 8.75. The molecule has 2 bridgehead atoms. The lowest BCUT2D eigenvalue weighted by atomic mass is 9.95. The molecule has 15 heteroatoms. The monoisotopic (exact) mass is 922 g/mol. The number of pyridine rings is 1. The maximum atomic E-state index is 18.2. The SMILES string of the molecule is CC(C)[Si](C#Cc1cccc2cc(NC(=O)OC(C)(C)C)cc(-c3nc4c5c(nc(O[C@@H]6CCC[C@H]6O)nc5c3F)N3C[C@H]5CC[C@@H]([C@H]3[C@H](C)O4)N5C(=O)OC(C)(C)C)c12)(C(C)C)C(C)C. The highest BCUT2D eigenvalue weighted by Crippen LogP contribution is 2.48. The lowest BCUT2D eigenvalue weighted by molar-refractivity contribution is 0.000899. The fourth-order valence-corrected chi connectivity index (χ4v) is 16.5. The number of ether oxygens (including phenoxy) is 4. The molecular formula is C51H67FN6O7Si. The largest absolute Gasteiger partial charge is 0.472 e. The van der Waals surface area contributed by atoms with Crippen LogP contribution in [0.3, 0.4) is 0 Å². The number of amides is 2. The highest BCUT2D eigenvalue weighted by Gasteiger charge is 2.54. The number of hydrogen-bond donors (Lipinski definition) is 2. The average Bonchev–Trinajstić information content (AvgIpc) is 3.72. The first-order chi connectivity index (χ1) is 31.0. The second-order valence-electron chi connectivity index (χ2n) is 21.6. The maximum Gasteiger partial charge on any atom is 0.412 e. The molecule has 354 valence electrons. The van der Waals surface area contributed by atoms with Crippen LogP contribution in [0.5, 0.6) is 11.9 Å². The quantitative estimate of drug-likeness (QED) is 0.135. The van der Waals surface area contributed by atoms with Crippen molar-refractivity contribution in [1.29, 1.82) is 0 Å². The summed E-state index contributed by atoms with van der Waals surface area (Å²) in [5.41, 5.74) is 4.83. The molecule has 0 unspecified atom stereocenters. The maximum absolute atomic E-state index is 18.2. The summed E-state index contributed by atoms with van der Waals surface area (Å²) >= 11 is 0. The second-order valence-corrected chi connectivity index (χ2v) is 27.2. The van der Waals surface area contributed by atoms with Gasteiger partial charge in [-0.05, 0) is 121 Å². The van der Waals surface area contributed by atoms with E-state index in [0.29, 0.717) is 75.8 Å². The van der Waals surface area contributed by atoms with Gasteiger partial charge in [0.15, 0.2) is 5.82 Å². The number of rotatable bonds is 7. The van der Waals surface area contributed by atoms with E-state index in [0.717, 1.165) is 12.8 Å². The van der Waals surface area contributed by atoms with Crippen LogP contribution in [0, 0.1) is 17.3 Å². The lowest BCUT2D eigenvalue weighted by Gasteiger charge is -2.48. The van der Waals surface area contributed by atoms with Gasteiger partial charge >= 0.3 is 18.2 Å². The van der Waals surface area contributed by atoms with Crippen molar-refractivity contribution in [1.82, 2.24) is 19.9 Å². The minimum atomic E-state index is -2.23. The standard InChI is InChI=1S/C51H67FN6O7Si/c1-27(2)66(28(3)4,29(5)6)23-22-31-16-14-17-32-24-33(53-48(60)64-50(8,9)10)25-35(39(31)32)42-41(52)43-40-45(56-47(55-43)63-38-19-15-18-37(38)59)57-26-34-20-21-36(44(57)30(7)62-46(40)54-42)58(34)49(61)65-51(11,12)13/h14,16-17,24-25,27-30,34,36-38,44,59H,15,18-21,26H2,1-13H3,(H,53,60)/t30-,34+,36-,37+,38+,44+/m0/s1. The van der Waals surface area contributed by atoms with Gasteiger partial charge in [0.2, 0.25) is 5.88 Å². The van der Waals surface area contributed by atoms with E-state index in [9.17, 15) is 14.7 Å². The first-order valence-corrected chi connectivity index (χ1v) is 26.0. The molecule has 0 radical (unpaired) electrons. The van der Waals surface area contributed by atoms with Gasteiger partial charge in [0.1, 0.15) is 53.9 Å². The summed E-state index contributed by atoms with van der Waals surface area (Å²) in [5.74, 6) is 3.40. The Labute approximate surface area is 389 Å². The van der Waals surface area contributed by atoms with Gasteiger partial charge in [0.05, 0.1) is 24.2 Å². The van der Waals surface area contributed by atoms with Crippen LogP contribution in [0.1, 0.15) is 128 Å². The number of aromatic nitrogens is 3. The van der Waals surface area contributed by atoms with E-state index in [2.05, 4.69) is 63.2 Å². The van der Waals surface area contributed by atoms with Gasteiger partial charge in [-0.15, -0.1) is 5.54 Å². The van der Waals surface area contributed by atoms with E-state index in [1.54, 1.807) is 26.8 Å². The van der Waals surface area contributed by atoms with Crippen molar-refractivity contribution in [2.24, 2.45) is 0 Å². The number of aliphatic hydroxyl groups excluding tert-OH is 1. The lowest BCUT2D eigenvalue weighted by Crippen LogP contribution is -2.65. The Morgan fingerprint density at radius 2 is 1.62 bits per heavy atom. The van der Waals surface area contributed by atoms with Gasteiger partial charge in [-0.2, -0.15) is 9.97 Å². The van der Waals surface area contributed by atoms with Gasteiger partial charge in [-0.25, -0.2) is 19.0 Å². The molecule has 8 rings (SSSR count). The Balaban J connectivity index is 1.37. The Hall–Kier alpha value is -5.20. The van der Waals surface area contributed by atoms with Crippen LogP contribution in [0.4, 0.5) is 25.5 Å². The summed E-state index contributed by atoms with van der Waals surface area (Å²) in [5, 5.41) is 15.4. The molecule has 3 fully saturated rings. The molecule has 2 amide bonds.